The molecule has 65 heavy (non-hydrogen) atoms. The summed E-state index contributed by atoms with van der Waals surface area (Å²) in [6, 6.07) is 6.04. The van der Waals surface area contributed by atoms with Crippen molar-refractivity contribution in [2.24, 2.45) is 5.92 Å². The number of aliphatic hydroxyl groups excluding tert-OH is 1. The quantitative estimate of drug-likeness (QED) is 0.0897. The maximum atomic E-state index is 14.4. The van der Waals surface area contributed by atoms with Crippen LogP contribution >= 0.6 is 0 Å². The van der Waals surface area contributed by atoms with Gasteiger partial charge >= 0.3 is 11.9 Å². The van der Waals surface area contributed by atoms with Crippen molar-refractivity contribution in [1.82, 2.24) is 19.9 Å². The van der Waals surface area contributed by atoms with Crippen molar-refractivity contribution in [3.8, 4) is 0 Å². The Morgan fingerprint density at radius 1 is 0.815 bits per heavy atom. The molecule has 3 aromatic heterocycles. The summed E-state index contributed by atoms with van der Waals surface area (Å²) in [6.07, 6.45) is 15.9. The molecule has 2 aliphatic heterocycles. The zero-order chi connectivity index (χ0) is 47.3. The molecule has 5 atom stereocenters. The maximum absolute atomic E-state index is 14.4. The summed E-state index contributed by atoms with van der Waals surface area (Å²) in [6.45, 7) is 23.1. The van der Waals surface area contributed by atoms with Crippen molar-refractivity contribution >= 4 is 51.1 Å². The van der Waals surface area contributed by atoms with E-state index in [0.717, 1.165) is 89.7 Å². The number of esters is 2. The van der Waals surface area contributed by atoms with Gasteiger partial charge in [-0.2, -0.15) is 0 Å². The number of allylic oxidation sites excluding steroid dienone is 5. The zero-order valence-electron chi connectivity index (χ0n) is 41.0. The Balaban J connectivity index is 1.28. The number of carbonyl (C=O) groups excluding carboxylic acids is 3. The maximum Gasteiger partial charge on any atom is 0.342 e. The van der Waals surface area contributed by atoms with E-state index in [1.54, 1.807) is 6.92 Å². The lowest BCUT2D eigenvalue weighted by Crippen LogP contribution is -2.22. The molecule has 10 heteroatoms. The predicted molar refractivity (Wildman–Crippen MR) is 262 cm³/mol. The van der Waals surface area contributed by atoms with Gasteiger partial charge in [-0.3, -0.25) is 19.6 Å². The number of aromatic nitrogens is 4. The normalized spacial score (nSPS) is 19.4. The third-order valence-electron chi connectivity index (χ3n) is 14.1. The van der Waals surface area contributed by atoms with Crippen LogP contribution in [0.2, 0.25) is 0 Å². The molecular formula is C55H72N4O6. The van der Waals surface area contributed by atoms with E-state index in [0.29, 0.717) is 39.6 Å². The standard InChI is InChI=1S/C55H72N4O6/c1-13-39-34(7)41-29-46-48(38(11)60)36(9)43(57-46)27-42-35(8)40(52(58-42)50-51(55(63)64-12)54(62)49-37(10)44(59-53(49)50)28-45(39)56-41)23-24-47(61)65-26-25-33(6)22-16-21-32(5)20-15-19-31(4)18-14-17-30(2)3/h17,19,25,27-29,32,34-35,39-40,57,59-60H,13-16,18,20-24,26H2,1-12H3/b31-19+,33-25+,42-27?,45-28?,46-29?,48-38-/t32-,34?,35+,39?,40+/m1/s1. The molecule has 3 N–H and O–H groups in total. The van der Waals surface area contributed by atoms with Crippen molar-refractivity contribution in [2.45, 2.75) is 164 Å². The Morgan fingerprint density at radius 3 is 2.17 bits per heavy atom. The summed E-state index contributed by atoms with van der Waals surface area (Å²) in [5.74, 6) is -0.948. The highest BCUT2D eigenvalue weighted by Crippen LogP contribution is 2.41. The highest BCUT2D eigenvalue weighted by atomic mass is 16.5. The topological polar surface area (TPSA) is 147 Å². The number of carbonyl (C=O) groups is 3. The molecule has 0 aromatic carbocycles. The fourth-order valence-electron chi connectivity index (χ4n) is 10.1. The van der Waals surface area contributed by atoms with Crippen molar-refractivity contribution in [3.05, 3.63) is 103 Å². The molecule has 3 aliphatic rings. The van der Waals surface area contributed by atoms with Gasteiger partial charge in [-0.25, -0.2) is 4.79 Å². The molecule has 1 aliphatic carbocycles. The van der Waals surface area contributed by atoms with Gasteiger partial charge in [0, 0.05) is 68.6 Å². The summed E-state index contributed by atoms with van der Waals surface area (Å²) in [5, 5.41) is 12.1. The van der Waals surface area contributed by atoms with Crippen molar-refractivity contribution < 1.29 is 29.0 Å². The predicted octanol–water partition coefficient (Wildman–Crippen LogP) is 11.9. The lowest BCUT2D eigenvalue weighted by molar-refractivity contribution is -0.142. The van der Waals surface area contributed by atoms with Crippen molar-refractivity contribution in [3.63, 3.8) is 0 Å². The van der Waals surface area contributed by atoms with Crippen molar-refractivity contribution in [1.29, 1.82) is 0 Å². The molecule has 8 bridgehead atoms. The van der Waals surface area contributed by atoms with E-state index in [4.69, 9.17) is 19.4 Å². The minimum Gasteiger partial charge on any atom is -0.512 e. The van der Waals surface area contributed by atoms with Crippen LogP contribution in [0.4, 0.5) is 0 Å². The van der Waals surface area contributed by atoms with Gasteiger partial charge < -0.3 is 24.5 Å². The highest BCUT2D eigenvalue weighted by molar-refractivity contribution is 6.48. The highest BCUT2D eigenvalue weighted by Gasteiger charge is 2.38. The Morgan fingerprint density at radius 2 is 1.48 bits per heavy atom. The van der Waals surface area contributed by atoms with E-state index < -0.39 is 11.8 Å². The van der Waals surface area contributed by atoms with Crippen LogP contribution in [0.5, 0.6) is 0 Å². The Kier molecular flexibility index (Phi) is 16.0. The second kappa shape index (κ2) is 21.2. The molecule has 0 amide bonds. The fraction of sp³-hybridized carbons (Fsp3) is 0.509. The largest absolute Gasteiger partial charge is 0.512 e. The van der Waals surface area contributed by atoms with Crippen molar-refractivity contribution in [2.75, 3.05) is 13.7 Å². The zero-order valence-corrected chi connectivity index (χ0v) is 41.0. The minimum absolute atomic E-state index is 0.0634. The number of H-pyrrole nitrogens is 2. The molecule has 5 heterocycles. The van der Waals surface area contributed by atoms with E-state index in [2.05, 4.69) is 77.5 Å². The number of Topliss-reactive ketones (excluding diaryl/α,β-unsaturated/α-hetero) is 1. The Hall–Kier alpha value is -5.51. The second-order valence-corrected chi connectivity index (χ2v) is 19.3. The number of hydrogen-bond donors (Lipinski definition) is 3. The lowest BCUT2D eigenvalue weighted by Gasteiger charge is -2.16. The molecule has 0 saturated carbocycles. The molecule has 348 valence electrons. The van der Waals surface area contributed by atoms with Gasteiger partial charge in [-0.05, 0) is 141 Å². The number of ether oxygens (including phenoxy) is 2. The van der Waals surface area contributed by atoms with Gasteiger partial charge in [0.1, 0.15) is 12.2 Å². The van der Waals surface area contributed by atoms with Crippen LogP contribution in [-0.4, -0.2) is 56.5 Å². The summed E-state index contributed by atoms with van der Waals surface area (Å²) >= 11 is 0. The van der Waals surface area contributed by atoms with Crippen LogP contribution in [-0.2, 0) is 19.1 Å². The molecule has 0 radical (unpaired) electrons. The lowest BCUT2D eigenvalue weighted by atomic mass is 9.86. The third kappa shape index (κ3) is 10.8. The average Bonchev–Trinajstić information content (AvgIpc) is 4.00. The van der Waals surface area contributed by atoms with Crippen LogP contribution in [0.15, 0.2) is 53.1 Å². The van der Waals surface area contributed by atoms with Crippen LogP contribution in [0, 0.1) is 19.8 Å². The molecule has 0 saturated heterocycles. The van der Waals surface area contributed by atoms with Gasteiger partial charge in [0.25, 0.3) is 0 Å². The number of hydrogen-bond acceptors (Lipinski definition) is 8. The number of aromatic amines is 2. The van der Waals surface area contributed by atoms with E-state index in [1.807, 2.05) is 38.1 Å². The molecule has 10 nitrogen and oxygen atoms in total. The third-order valence-corrected chi connectivity index (χ3v) is 14.1. The number of ketones is 1. The fourth-order valence-corrected chi connectivity index (χ4v) is 10.1. The summed E-state index contributed by atoms with van der Waals surface area (Å²) in [7, 11) is 1.28. The molecule has 3 aromatic rings. The monoisotopic (exact) mass is 885 g/mol. The summed E-state index contributed by atoms with van der Waals surface area (Å²) in [5.41, 5.74) is 11.9. The van der Waals surface area contributed by atoms with E-state index in [-0.39, 0.29) is 54.0 Å². The number of methoxy groups -OCH3 is 1. The number of nitrogens with zero attached hydrogens (tertiary/aromatic N) is 2. The smallest absolute Gasteiger partial charge is 0.342 e. The summed E-state index contributed by atoms with van der Waals surface area (Å²) < 4.78 is 11.0. The first-order chi connectivity index (χ1) is 30.9. The van der Waals surface area contributed by atoms with Gasteiger partial charge in [0.15, 0.2) is 0 Å². The van der Waals surface area contributed by atoms with Gasteiger partial charge in [-0.15, -0.1) is 0 Å². The summed E-state index contributed by atoms with van der Waals surface area (Å²) in [4.78, 5) is 58.9. The number of aryl methyl sites for hydroxylation is 2. The molecule has 2 unspecified atom stereocenters. The van der Waals surface area contributed by atoms with Crippen LogP contribution in [0.25, 0.3) is 33.4 Å². The second-order valence-electron chi connectivity index (χ2n) is 19.3. The minimum atomic E-state index is -0.733. The first-order valence-corrected chi connectivity index (χ1v) is 23.9. The van der Waals surface area contributed by atoms with Crippen LogP contribution in [0.1, 0.15) is 194 Å². The Bertz CT molecular complexity index is 2720. The van der Waals surface area contributed by atoms with Gasteiger partial charge in [0.2, 0.25) is 5.78 Å². The van der Waals surface area contributed by atoms with Crippen LogP contribution in [0.3, 0.4) is 0 Å². The van der Waals surface area contributed by atoms with Gasteiger partial charge in [-0.1, -0.05) is 63.0 Å². The van der Waals surface area contributed by atoms with Gasteiger partial charge in [0.05, 0.1) is 35.2 Å². The number of nitrogens with one attached hydrogen (secondary N) is 2. The van der Waals surface area contributed by atoms with E-state index in [9.17, 15) is 19.5 Å². The first kappa shape index (κ1) is 48.9. The number of fused-ring (bicyclic) bond motifs is 8. The van der Waals surface area contributed by atoms with Crippen LogP contribution < -0.4 is 10.4 Å². The first-order valence-electron chi connectivity index (χ1n) is 23.9. The molecule has 0 spiro atoms. The molecular weight excluding hydrogens is 813 g/mol. The number of aliphatic hydroxyl groups is 1. The van der Waals surface area contributed by atoms with E-state index in [1.165, 1.54) is 30.2 Å². The van der Waals surface area contributed by atoms with E-state index >= 15 is 0 Å². The average molecular weight is 885 g/mol. The molecule has 6 rings (SSSR count). The number of rotatable bonds is 17. The molecule has 0 fully saturated rings. The Labute approximate surface area is 385 Å². The SMILES string of the molecule is CCC1c2cc3[nH]c4c(c3C)C(=O)C(C(=O)OC)=c4c3nc(cc4[nH]c(cc(n2)C1C)/c(=C(/C)O)c4C)[C@@H](C)[C@@H]3CCC(=O)OC/C=C(\C)CCC[C@H](C)CC/C=C(\C)CCC=C(C)C.